The number of carbonyl (C=O) groups excluding carboxylic acids is 1. The van der Waals surface area contributed by atoms with E-state index < -0.39 is 27.1 Å². The molecule has 0 atom stereocenters. The molecule has 2 aromatic carbocycles. The second-order valence-corrected chi connectivity index (χ2v) is 7.37. The monoisotopic (exact) mass is 446 g/mol. The molecule has 2 aromatic heterocycles. The Balaban J connectivity index is 1.66. The van der Waals surface area contributed by atoms with E-state index in [2.05, 4.69) is 15.4 Å². The Morgan fingerprint density at radius 2 is 1.67 bits per heavy atom. The van der Waals surface area contributed by atoms with Crippen LogP contribution in [0.1, 0.15) is 11.3 Å². The minimum atomic E-state index is -0.725. The number of pyridine rings is 1. The summed E-state index contributed by atoms with van der Waals surface area (Å²) in [6.07, 6.45) is 1.63. The first-order valence-corrected chi connectivity index (χ1v) is 9.87. The van der Waals surface area contributed by atoms with Gasteiger partial charge >= 0.3 is 0 Å². The van der Waals surface area contributed by atoms with Crippen LogP contribution in [0, 0.1) is 34.1 Å². The molecule has 33 heavy (non-hydrogen) atoms. The standard InChI is InChI=1S/C22H18N6O5/c1-13-18(27(30)31)10-16(11-19(13)28(32)33)24-20(29)12-26-22-21(14(2)25-26)17(8-9-23-22)15-6-4-3-5-7-15/h3-11H,12H2,1-2H3,(H,24,29). The zero-order valence-corrected chi connectivity index (χ0v) is 17.7. The van der Waals surface area contributed by atoms with Crippen molar-refractivity contribution in [1.29, 1.82) is 0 Å². The molecule has 1 N–H and O–H groups in total. The highest BCUT2D eigenvalue weighted by atomic mass is 16.6. The lowest BCUT2D eigenvalue weighted by molar-refractivity contribution is -0.395. The van der Waals surface area contributed by atoms with Gasteiger partial charge in [0.15, 0.2) is 5.65 Å². The molecule has 1 amide bonds. The summed E-state index contributed by atoms with van der Waals surface area (Å²) in [4.78, 5) is 38.2. The molecule has 0 aliphatic heterocycles. The summed E-state index contributed by atoms with van der Waals surface area (Å²) < 4.78 is 1.43. The van der Waals surface area contributed by atoms with Crippen molar-refractivity contribution < 1.29 is 14.6 Å². The summed E-state index contributed by atoms with van der Waals surface area (Å²) in [6.45, 7) is 2.87. The van der Waals surface area contributed by atoms with E-state index in [9.17, 15) is 25.0 Å². The summed E-state index contributed by atoms with van der Waals surface area (Å²) in [6, 6.07) is 13.8. The number of hydrogen-bond acceptors (Lipinski definition) is 7. The fraction of sp³-hybridized carbons (Fsp3) is 0.136. The zero-order chi connectivity index (χ0) is 23.7. The number of carbonyl (C=O) groups is 1. The third-order valence-electron chi connectivity index (χ3n) is 5.22. The lowest BCUT2D eigenvalue weighted by Crippen LogP contribution is -2.20. The summed E-state index contributed by atoms with van der Waals surface area (Å²) in [7, 11) is 0. The molecular weight excluding hydrogens is 428 g/mol. The molecule has 0 aliphatic rings. The molecule has 0 unspecified atom stereocenters. The number of amides is 1. The largest absolute Gasteiger partial charge is 0.324 e. The third kappa shape index (κ3) is 4.11. The van der Waals surface area contributed by atoms with Gasteiger partial charge in [-0.3, -0.25) is 25.0 Å². The highest BCUT2D eigenvalue weighted by Gasteiger charge is 2.24. The minimum absolute atomic E-state index is 0.0462. The van der Waals surface area contributed by atoms with Crippen molar-refractivity contribution in [2.75, 3.05) is 5.32 Å². The highest BCUT2D eigenvalue weighted by molar-refractivity contribution is 5.96. The molecular formula is C22H18N6O5. The second-order valence-electron chi connectivity index (χ2n) is 7.37. The number of aromatic nitrogens is 3. The number of nitro benzene ring substituents is 2. The maximum absolute atomic E-state index is 12.7. The molecule has 0 radical (unpaired) electrons. The van der Waals surface area contributed by atoms with Gasteiger partial charge in [0.05, 0.1) is 21.2 Å². The topological polar surface area (TPSA) is 146 Å². The summed E-state index contributed by atoms with van der Waals surface area (Å²) in [5.41, 5.74) is 2.06. The second kappa shape index (κ2) is 8.46. The van der Waals surface area contributed by atoms with Crippen LogP contribution in [0.2, 0.25) is 0 Å². The molecule has 4 rings (SSSR count). The maximum Gasteiger partial charge on any atom is 0.281 e. The van der Waals surface area contributed by atoms with Gasteiger partial charge in [0, 0.05) is 23.7 Å². The first-order valence-electron chi connectivity index (χ1n) is 9.87. The Morgan fingerprint density at radius 1 is 1.03 bits per heavy atom. The van der Waals surface area contributed by atoms with E-state index in [1.54, 1.807) is 6.20 Å². The summed E-state index contributed by atoms with van der Waals surface area (Å²) >= 11 is 0. The van der Waals surface area contributed by atoms with Crippen molar-refractivity contribution in [2.45, 2.75) is 20.4 Å². The average Bonchev–Trinajstić information content (AvgIpc) is 3.10. The summed E-state index contributed by atoms with van der Waals surface area (Å²) in [5, 5.41) is 30.3. The van der Waals surface area contributed by atoms with Crippen LogP contribution in [0.4, 0.5) is 17.1 Å². The van der Waals surface area contributed by atoms with E-state index in [0.717, 1.165) is 28.6 Å². The normalized spacial score (nSPS) is 10.8. The Kier molecular flexibility index (Phi) is 5.53. The van der Waals surface area contributed by atoms with Crippen molar-refractivity contribution in [3.8, 4) is 11.1 Å². The van der Waals surface area contributed by atoms with Crippen LogP contribution in [0.3, 0.4) is 0 Å². The van der Waals surface area contributed by atoms with Crippen LogP contribution in [0.5, 0.6) is 0 Å². The Labute approximate surface area is 187 Å². The Morgan fingerprint density at radius 3 is 2.27 bits per heavy atom. The van der Waals surface area contributed by atoms with Crippen LogP contribution < -0.4 is 5.32 Å². The molecule has 4 aromatic rings. The number of nitrogens with zero attached hydrogens (tertiary/aromatic N) is 5. The number of rotatable bonds is 6. The van der Waals surface area contributed by atoms with Gasteiger partial charge in [-0.2, -0.15) is 5.10 Å². The molecule has 0 bridgehead atoms. The van der Waals surface area contributed by atoms with Gasteiger partial charge in [-0.15, -0.1) is 0 Å². The van der Waals surface area contributed by atoms with E-state index >= 15 is 0 Å². The van der Waals surface area contributed by atoms with Crippen molar-refractivity contribution >= 4 is 34.0 Å². The number of anilines is 1. The number of hydrogen-bond donors (Lipinski definition) is 1. The van der Waals surface area contributed by atoms with Gasteiger partial charge in [0.2, 0.25) is 5.91 Å². The minimum Gasteiger partial charge on any atom is -0.324 e. The molecule has 0 spiro atoms. The first-order chi connectivity index (χ1) is 15.8. The molecule has 2 heterocycles. The Bertz CT molecular complexity index is 1380. The highest BCUT2D eigenvalue weighted by Crippen LogP contribution is 2.32. The average molecular weight is 446 g/mol. The smallest absolute Gasteiger partial charge is 0.281 e. The van der Waals surface area contributed by atoms with Crippen molar-refractivity contribution in [3.63, 3.8) is 0 Å². The fourth-order valence-corrected chi connectivity index (χ4v) is 3.72. The molecule has 166 valence electrons. The Hall–Kier alpha value is -4.67. The number of benzene rings is 2. The van der Waals surface area contributed by atoms with Crippen LogP contribution in [0.15, 0.2) is 54.7 Å². The lowest BCUT2D eigenvalue weighted by atomic mass is 10.0. The molecule has 11 heteroatoms. The first kappa shape index (κ1) is 21.6. The number of nitrogens with one attached hydrogen (secondary N) is 1. The van der Waals surface area contributed by atoms with Crippen molar-refractivity contribution in [2.24, 2.45) is 0 Å². The van der Waals surface area contributed by atoms with Crippen LogP contribution in [-0.2, 0) is 11.3 Å². The van der Waals surface area contributed by atoms with E-state index in [4.69, 9.17) is 0 Å². The molecule has 11 nitrogen and oxygen atoms in total. The van der Waals surface area contributed by atoms with Gasteiger partial charge in [0.1, 0.15) is 12.1 Å². The van der Waals surface area contributed by atoms with Gasteiger partial charge in [-0.1, -0.05) is 30.3 Å². The third-order valence-corrected chi connectivity index (χ3v) is 5.22. The predicted octanol–water partition coefficient (Wildman–Crippen LogP) is 4.17. The fourth-order valence-electron chi connectivity index (χ4n) is 3.72. The van der Waals surface area contributed by atoms with E-state index in [0.29, 0.717) is 11.3 Å². The van der Waals surface area contributed by atoms with E-state index in [-0.39, 0.29) is 17.8 Å². The van der Waals surface area contributed by atoms with E-state index in [1.807, 2.05) is 43.3 Å². The van der Waals surface area contributed by atoms with Crippen molar-refractivity contribution in [3.05, 3.63) is 86.2 Å². The SMILES string of the molecule is Cc1c([N+](=O)[O-])cc(NC(=O)Cn2nc(C)c3c(-c4ccccc4)ccnc32)cc1[N+](=O)[O-]. The van der Waals surface area contributed by atoms with Gasteiger partial charge < -0.3 is 5.32 Å². The molecule has 0 aliphatic carbocycles. The van der Waals surface area contributed by atoms with Gasteiger partial charge in [-0.05, 0) is 31.0 Å². The number of aryl methyl sites for hydroxylation is 1. The number of fused-ring (bicyclic) bond motifs is 1. The van der Waals surface area contributed by atoms with Crippen molar-refractivity contribution in [1.82, 2.24) is 14.8 Å². The lowest BCUT2D eigenvalue weighted by Gasteiger charge is -2.08. The van der Waals surface area contributed by atoms with Crippen LogP contribution >= 0.6 is 0 Å². The predicted molar refractivity (Wildman–Crippen MR) is 121 cm³/mol. The van der Waals surface area contributed by atoms with Gasteiger partial charge in [0.25, 0.3) is 11.4 Å². The maximum atomic E-state index is 12.7. The van der Waals surface area contributed by atoms with Crippen LogP contribution in [0.25, 0.3) is 22.2 Å². The molecule has 0 saturated carbocycles. The van der Waals surface area contributed by atoms with Crippen LogP contribution in [-0.4, -0.2) is 30.5 Å². The summed E-state index contributed by atoms with van der Waals surface area (Å²) in [5.74, 6) is -0.557. The quantitative estimate of drug-likeness (QED) is 0.345. The van der Waals surface area contributed by atoms with Gasteiger partial charge in [-0.25, -0.2) is 9.67 Å². The molecule has 0 saturated heterocycles. The van der Waals surface area contributed by atoms with E-state index in [1.165, 1.54) is 11.6 Å². The zero-order valence-electron chi connectivity index (χ0n) is 17.7. The molecule has 0 fully saturated rings. The number of nitro groups is 2.